The zero-order valence-electron chi connectivity index (χ0n) is 21.9. The van der Waals surface area contributed by atoms with Crippen molar-refractivity contribution in [2.75, 3.05) is 5.32 Å². The van der Waals surface area contributed by atoms with Crippen molar-refractivity contribution in [3.05, 3.63) is 101 Å². The van der Waals surface area contributed by atoms with Crippen LogP contribution in [0.5, 0.6) is 5.75 Å². The number of rotatable bonds is 8. The minimum atomic E-state index is -5.79. The molecule has 1 aromatic heterocycles. The number of amides is 1. The quantitative estimate of drug-likeness (QED) is 0.171. The maximum absolute atomic E-state index is 13.3. The van der Waals surface area contributed by atoms with Gasteiger partial charge in [0.05, 0.1) is 0 Å². The van der Waals surface area contributed by atoms with Crippen LogP contribution in [0.3, 0.4) is 0 Å². The van der Waals surface area contributed by atoms with E-state index in [0.717, 1.165) is 12.1 Å². The third-order valence-electron chi connectivity index (χ3n) is 6.96. The number of alkyl halides is 3. The summed E-state index contributed by atoms with van der Waals surface area (Å²) in [6.07, 6.45) is 6.13. The van der Waals surface area contributed by atoms with Gasteiger partial charge in [0.25, 0.3) is 5.91 Å². The van der Waals surface area contributed by atoms with Crippen molar-refractivity contribution in [3.8, 4) is 17.2 Å². The van der Waals surface area contributed by atoms with Crippen molar-refractivity contribution < 1.29 is 35.0 Å². The molecule has 7 nitrogen and oxygen atoms in total. The molecule has 5 rings (SSSR count). The van der Waals surface area contributed by atoms with Crippen molar-refractivity contribution in [2.24, 2.45) is 0 Å². The lowest BCUT2D eigenvalue weighted by molar-refractivity contribution is -0.0500. The van der Waals surface area contributed by atoms with Gasteiger partial charge in [-0.15, -0.1) is 0 Å². The standard InChI is InChI=1S/C30H27F3N2O5S/c31-30(32,33)41(37,38)40-25-17-11-20(12-18-25)19-26-27(35-29(39-26)23-9-5-2-6-10-23)28(36)34-24-15-13-22(14-16-24)21-7-3-1-4-8-21/h2,5-6,9-18,21H,1,3-4,7-8,19H2,(H,34,36). The Hall–Kier alpha value is -4.12. The molecule has 4 aromatic rings. The Morgan fingerprint density at radius 3 is 2.22 bits per heavy atom. The monoisotopic (exact) mass is 584 g/mol. The van der Waals surface area contributed by atoms with E-state index in [1.165, 1.54) is 49.8 Å². The SMILES string of the molecule is O=C(Nc1ccc(C2CCCCC2)cc1)c1nc(-c2ccccc2)oc1Cc1ccc(OS(=O)(=O)C(F)(F)F)cc1. The molecule has 3 aromatic carbocycles. The number of oxazole rings is 1. The fourth-order valence-electron chi connectivity index (χ4n) is 4.84. The summed E-state index contributed by atoms with van der Waals surface area (Å²) in [5, 5.41) is 2.87. The molecule has 1 aliphatic rings. The Bertz CT molecular complexity index is 1590. The summed E-state index contributed by atoms with van der Waals surface area (Å²) in [6.45, 7) is 0. The van der Waals surface area contributed by atoms with E-state index in [2.05, 4.69) is 14.5 Å². The van der Waals surface area contributed by atoms with Crippen LogP contribution in [0.1, 0.15) is 65.4 Å². The Morgan fingerprint density at radius 1 is 0.927 bits per heavy atom. The maximum atomic E-state index is 13.3. The normalized spacial score (nSPS) is 14.5. The van der Waals surface area contributed by atoms with E-state index in [1.807, 2.05) is 30.3 Å². The predicted molar refractivity (Wildman–Crippen MR) is 147 cm³/mol. The second-order valence-corrected chi connectivity index (χ2v) is 11.4. The van der Waals surface area contributed by atoms with E-state index in [1.54, 1.807) is 24.3 Å². The number of carbonyl (C=O) groups excluding carboxylic acids is 1. The van der Waals surface area contributed by atoms with Gasteiger partial charge in [-0.05, 0) is 66.3 Å². The number of hydrogen-bond donors (Lipinski definition) is 1. The van der Waals surface area contributed by atoms with Crippen LogP contribution in [0.4, 0.5) is 18.9 Å². The lowest BCUT2D eigenvalue weighted by atomic mass is 9.84. The van der Waals surface area contributed by atoms with E-state index < -0.39 is 27.3 Å². The van der Waals surface area contributed by atoms with Crippen molar-refractivity contribution in [1.82, 2.24) is 4.98 Å². The minimum absolute atomic E-state index is 0.0557. The zero-order valence-corrected chi connectivity index (χ0v) is 22.7. The molecule has 41 heavy (non-hydrogen) atoms. The Kier molecular flexibility index (Phi) is 8.16. The van der Waals surface area contributed by atoms with Crippen molar-refractivity contribution in [3.63, 3.8) is 0 Å². The van der Waals surface area contributed by atoms with E-state index in [9.17, 15) is 26.4 Å². The van der Waals surface area contributed by atoms with E-state index in [-0.39, 0.29) is 23.8 Å². The Balaban J connectivity index is 1.36. The topological polar surface area (TPSA) is 98.5 Å². The fourth-order valence-corrected chi connectivity index (χ4v) is 5.30. The minimum Gasteiger partial charge on any atom is -0.440 e. The molecule has 1 amide bonds. The Morgan fingerprint density at radius 2 is 1.59 bits per heavy atom. The fraction of sp³-hybridized carbons (Fsp3) is 0.267. The first kappa shape index (κ1) is 28.4. The summed E-state index contributed by atoms with van der Waals surface area (Å²) in [5.41, 5.74) is -2.43. The van der Waals surface area contributed by atoms with Gasteiger partial charge >= 0.3 is 15.6 Å². The number of hydrogen-bond acceptors (Lipinski definition) is 6. The molecule has 0 bridgehead atoms. The van der Waals surface area contributed by atoms with Crippen LogP contribution in [0.2, 0.25) is 0 Å². The lowest BCUT2D eigenvalue weighted by Crippen LogP contribution is -2.28. The summed E-state index contributed by atoms with van der Waals surface area (Å²) in [6, 6.07) is 21.8. The smallest absolute Gasteiger partial charge is 0.440 e. The summed E-state index contributed by atoms with van der Waals surface area (Å²) in [7, 11) is -5.79. The van der Waals surface area contributed by atoms with Crippen molar-refractivity contribution in [2.45, 2.75) is 50.0 Å². The Labute approximate surface area is 235 Å². The van der Waals surface area contributed by atoms with Gasteiger partial charge in [-0.1, -0.05) is 61.7 Å². The number of benzene rings is 3. The first-order valence-corrected chi connectivity index (χ1v) is 14.6. The molecule has 11 heteroatoms. The van der Waals surface area contributed by atoms with Crippen LogP contribution >= 0.6 is 0 Å². The highest BCUT2D eigenvalue weighted by atomic mass is 32.2. The van der Waals surface area contributed by atoms with Gasteiger partial charge in [0, 0.05) is 17.7 Å². The first-order valence-electron chi connectivity index (χ1n) is 13.2. The van der Waals surface area contributed by atoms with Gasteiger partial charge in [0.1, 0.15) is 11.5 Å². The molecule has 1 N–H and O–H groups in total. The van der Waals surface area contributed by atoms with Gasteiger partial charge in [-0.3, -0.25) is 4.79 Å². The highest BCUT2D eigenvalue weighted by molar-refractivity contribution is 7.88. The predicted octanol–water partition coefficient (Wildman–Crippen LogP) is 7.46. The number of anilines is 1. The molecule has 0 spiro atoms. The first-order chi connectivity index (χ1) is 19.6. The molecule has 1 aliphatic carbocycles. The van der Waals surface area contributed by atoms with Gasteiger partial charge < -0.3 is 13.9 Å². The molecular weight excluding hydrogens is 557 g/mol. The molecule has 0 aliphatic heterocycles. The number of carbonyl (C=O) groups is 1. The molecule has 0 atom stereocenters. The van der Waals surface area contributed by atoms with Crippen molar-refractivity contribution >= 4 is 21.7 Å². The van der Waals surface area contributed by atoms with E-state index in [4.69, 9.17) is 4.42 Å². The van der Waals surface area contributed by atoms with Crippen LogP contribution in [0.15, 0.2) is 83.3 Å². The molecule has 0 radical (unpaired) electrons. The molecule has 1 fully saturated rings. The average Bonchev–Trinajstić information content (AvgIpc) is 3.39. The molecule has 1 heterocycles. The second kappa shape index (κ2) is 11.8. The van der Waals surface area contributed by atoms with Crippen LogP contribution in [0.25, 0.3) is 11.5 Å². The van der Waals surface area contributed by atoms with Gasteiger partial charge in [-0.2, -0.15) is 21.6 Å². The number of aromatic nitrogens is 1. The largest absolute Gasteiger partial charge is 0.534 e. The number of nitrogens with one attached hydrogen (secondary N) is 1. The maximum Gasteiger partial charge on any atom is 0.534 e. The second-order valence-electron chi connectivity index (χ2n) is 9.87. The lowest BCUT2D eigenvalue weighted by Gasteiger charge is -2.22. The summed E-state index contributed by atoms with van der Waals surface area (Å²) < 4.78 is 70.6. The van der Waals surface area contributed by atoms with Crippen LogP contribution in [-0.4, -0.2) is 24.8 Å². The van der Waals surface area contributed by atoms with E-state index in [0.29, 0.717) is 22.7 Å². The van der Waals surface area contributed by atoms with Crippen molar-refractivity contribution in [1.29, 1.82) is 0 Å². The third kappa shape index (κ3) is 6.79. The number of nitrogens with zero attached hydrogens (tertiary/aromatic N) is 1. The average molecular weight is 585 g/mol. The molecule has 1 saturated carbocycles. The summed E-state index contributed by atoms with van der Waals surface area (Å²) in [4.78, 5) is 17.8. The van der Waals surface area contributed by atoms with Crippen LogP contribution in [0, 0.1) is 0 Å². The highest BCUT2D eigenvalue weighted by Crippen LogP contribution is 2.33. The summed E-state index contributed by atoms with van der Waals surface area (Å²) in [5.74, 6) is 0.0247. The zero-order chi connectivity index (χ0) is 29.0. The van der Waals surface area contributed by atoms with Gasteiger partial charge in [0.15, 0.2) is 5.69 Å². The van der Waals surface area contributed by atoms with Gasteiger partial charge in [-0.25, -0.2) is 4.98 Å². The van der Waals surface area contributed by atoms with Gasteiger partial charge in [0.2, 0.25) is 5.89 Å². The third-order valence-corrected chi connectivity index (χ3v) is 7.93. The van der Waals surface area contributed by atoms with E-state index >= 15 is 0 Å². The highest BCUT2D eigenvalue weighted by Gasteiger charge is 2.48. The summed E-state index contributed by atoms with van der Waals surface area (Å²) >= 11 is 0. The van der Waals surface area contributed by atoms with Crippen LogP contribution < -0.4 is 9.50 Å². The van der Waals surface area contributed by atoms with Crippen LogP contribution in [-0.2, 0) is 16.5 Å². The molecule has 0 saturated heterocycles. The molecule has 0 unspecified atom stereocenters. The number of halogens is 3. The molecule has 214 valence electrons. The molecular formula is C30H27F3N2O5S.